The smallest absolute Gasteiger partial charge is 0.251 e. The van der Waals surface area contributed by atoms with Gasteiger partial charge < -0.3 is 20.7 Å². The highest BCUT2D eigenvalue weighted by Crippen LogP contribution is 2.23. The second kappa shape index (κ2) is 11.0. The molecule has 3 N–H and O–H groups in total. The van der Waals surface area contributed by atoms with Crippen molar-refractivity contribution in [3.8, 4) is 5.75 Å². The topological polar surface area (TPSA) is 79.5 Å². The van der Waals surface area contributed by atoms with Crippen LogP contribution in [-0.4, -0.2) is 31.0 Å². The molecule has 2 aromatic rings. The Morgan fingerprint density at radius 1 is 1.04 bits per heavy atom. The van der Waals surface area contributed by atoms with Crippen LogP contribution in [0.15, 0.2) is 48.5 Å². The molecule has 2 amide bonds. The standard InChI is InChI=1S/C22H29N3O3/c1-4-5-14-28-20-9-7-6-8-19(20)23-15-21(26)25-18-12-10-17(11-13-18)22(27)24-16(2)3/h6-13,16,23H,4-5,14-15H2,1-3H3,(H,24,27)(H,25,26). The van der Waals surface area contributed by atoms with E-state index >= 15 is 0 Å². The molecule has 2 rings (SSSR count). The predicted octanol–water partition coefficient (Wildman–Crippen LogP) is 4.05. The summed E-state index contributed by atoms with van der Waals surface area (Å²) >= 11 is 0. The quantitative estimate of drug-likeness (QED) is 0.541. The zero-order valence-corrected chi connectivity index (χ0v) is 16.7. The summed E-state index contributed by atoms with van der Waals surface area (Å²) in [6.45, 7) is 6.70. The van der Waals surface area contributed by atoms with Crippen molar-refractivity contribution >= 4 is 23.2 Å². The summed E-state index contributed by atoms with van der Waals surface area (Å²) in [6.07, 6.45) is 2.05. The molecule has 0 fully saturated rings. The number of hydrogen-bond donors (Lipinski definition) is 3. The Labute approximate surface area is 166 Å². The minimum atomic E-state index is -0.178. The highest BCUT2D eigenvalue weighted by Gasteiger charge is 2.09. The van der Waals surface area contributed by atoms with E-state index in [1.165, 1.54) is 0 Å². The molecule has 0 bridgehead atoms. The summed E-state index contributed by atoms with van der Waals surface area (Å²) in [6, 6.07) is 14.5. The van der Waals surface area contributed by atoms with Gasteiger partial charge in [-0.15, -0.1) is 0 Å². The lowest BCUT2D eigenvalue weighted by Gasteiger charge is -2.13. The van der Waals surface area contributed by atoms with Crippen molar-refractivity contribution in [3.63, 3.8) is 0 Å². The van der Waals surface area contributed by atoms with Gasteiger partial charge in [0.1, 0.15) is 5.75 Å². The molecule has 0 aromatic heterocycles. The van der Waals surface area contributed by atoms with E-state index in [1.807, 2.05) is 38.1 Å². The van der Waals surface area contributed by atoms with Crippen LogP contribution in [0.4, 0.5) is 11.4 Å². The molecule has 150 valence electrons. The molecular formula is C22H29N3O3. The molecule has 0 heterocycles. The Morgan fingerprint density at radius 2 is 1.75 bits per heavy atom. The van der Waals surface area contributed by atoms with Crippen LogP contribution in [0.5, 0.6) is 5.75 Å². The first kappa shape index (κ1) is 21.3. The maximum absolute atomic E-state index is 12.2. The van der Waals surface area contributed by atoms with E-state index in [0.29, 0.717) is 17.9 Å². The Hall–Kier alpha value is -3.02. The molecule has 28 heavy (non-hydrogen) atoms. The van der Waals surface area contributed by atoms with Gasteiger partial charge in [-0.3, -0.25) is 9.59 Å². The summed E-state index contributed by atoms with van der Waals surface area (Å²) < 4.78 is 5.76. The van der Waals surface area contributed by atoms with Crippen LogP contribution in [0, 0.1) is 0 Å². The fourth-order valence-corrected chi connectivity index (χ4v) is 2.50. The van der Waals surface area contributed by atoms with Crippen molar-refractivity contribution in [2.24, 2.45) is 0 Å². The highest BCUT2D eigenvalue weighted by atomic mass is 16.5. The largest absolute Gasteiger partial charge is 0.491 e. The lowest BCUT2D eigenvalue weighted by molar-refractivity contribution is -0.114. The number of hydrogen-bond acceptors (Lipinski definition) is 4. The van der Waals surface area contributed by atoms with E-state index in [9.17, 15) is 9.59 Å². The molecule has 0 aliphatic carbocycles. The van der Waals surface area contributed by atoms with Gasteiger partial charge in [-0.25, -0.2) is 0 Å². The van der Waals surface area contributed by atoms with Crippen LogP contribution < -0.4 is 20.7 Å². The molecule has 0 unspecified atom stereocenters. The van der Waals surface area contributed by atoms with Crippen molar-refractivity contribution in [3.05, 3.63) is 54.1 Å². The van der Waals surface area contributed by atoms with E-state index in [0.717, 1.165) is 24.3 Å². The number of amides is 2. The number of carbonyl (C=O) groups excluding carboxylic acids is 2. The fraction of sp³-hybridized carbons (Fsp3) is 0.364. The second-order valence-electron chi connectivity index (χ2n) is 6.81. The number of anilines is 2. The zero-order chi connectivity index (χ0) is 20.4. The molecule has 2 aromatic carbocycles. The van der Waals surface area contributed by atoms with Crippen LogP contribution in [-0.2, 0) is 4.79 Å². The van der Waals surface area contributed by atoms with Crippen molar-refractivity contribution in [1.29, 1.82) is 0 Å². The molecule has 0 aliphatic rings. The van der Waals surface area contributed by atoms with E-state index in [-0.39, 0.29) is 24.4 Å². The third kappa shape index (κ3) is 6.95. The molecule has 0 atom stereocenters. The molecule has 0 radical (unpaired) electrons. The second-order valence-corrected chi connectivity index (χ2v) is 6.81. The third-order valence-corrected chi connectivity index (χ3v) is 3.93. The van der Waals surface area contributed by atoms with Gasteiger partial charge in [0, 0.05) is 17.3 Å². The van der Waals surface area contributed by atoms with Crippen LogP contribution >= 0.6 is 0 Å². The lowest BCUT2D eigenvalue weighted by atomic mass is 10.2. The fourth-order valence-electron chi connectivity index (χ4n) is 2.50. The van der Waals surface area contributed by atoms with Gasteiger partial charge in [0.15, 0.2) is 0 Å². The number of carbonyl (C=O) groups is 2. The number of ether oxygens (including phenoxy) is 1. The molecule has 6 nitrogen and oxygen atoms in total. The molecule has 0 aliphatic heterocycles. The molecule has 0 spiro atoms. The molecule has 0 saturated heterocycles. The first-order valence-electron chi connectivity index (χ1n) is 9.66. The van der Waals surface area contributed by atoms with Gasteiger partial charge >= 0.3 is 0 Å². The predicted molar refractivity (Wildman–Crippen MR) is 113 cm³/mol. The minimum Gasteiger partial charge on any atom is -0.491 e. The maximum atomic E-state index is 12.2. The minimum absolute atomic E-state index is 0.0757. The maximum Gasteiger partial charge on any atom is 0.251 e. The van der Waals surface area contributed by atoms with Gasteiger partial charge in [0.25, 0.3) is 5.91 Å². The monoisotopic (exact) mass is 383 g/mol. The SMILES string of the molecule is CCCCOc1ccccc1NCC(=O)Nc1ccc(C(=O)NC(C)C)cc1. The van der Waals surface area contributed by atoms with Gasteiger partial charge in [-0.1, -0.05) is 25.5 Å². The Balaban J connectivity index is 1.87. The first-order chi connectivity index (χ1) is 13.5. The highest BCUT2D eigenvalue weighted by molar-refractivity contribution is 5.96. The third-order valence-electron chi connectivity index (χ3n) is 3.93. The van der Waals surface area contributed by atoms with Crippen LogP contribution in [0.1, 0.15) is 44.0 Å². The number of benzene rings is 2. The Kier molecular flexibility index (Phi) is 8.34. The van der Waals surface area contributed by atoms with Crippen molar-refractivity contribution in [1.82, 2.24) is 5.32 Å². The number of unbranched alkanes of at least 4 members (excludes halogenated alkanes) is 1. The molecular weight excluding hydrogens is 354 g/mol. The van der Waals surface area contributed by atoms with Crippen molar-refractivity contribution < 1.29 is 14.3 Å². The Bertz CT molecular complexity index is 773. The van der Waals surface area contributed by atoms with Crippen LogP contribution in [0.25, 0.3) is 0 Å². The van der Waals surface area contributed by atoms with E-state index < -0.39 is 0 Å². The lowest BCUT2D eigenvalue weighted by Crippen LogP contribution is -2.30. The van der Waals surface area contributed by atoms with Gasteiger partial charge in [-0.05, 0) is 56.7 Å². The number of rotatable bonds is 10. The van der Waals surface area contributed by atoms with Gasteiger partial charge in [0.2, 0.25) is 5.91 Å². The average Bonchev–Trinajstić information content (AvgIpc) is 2.67. The zero-order valence-electron chi connectivity index (χ0n) is 16.7. The Morgan fingerprint density at radius 3 is 2.43 bits per heavy atom. The number of para-hydroxylation sites is 2. The van der Waals surface area contributed by atoms with Crippen LogP contribution in [0.3, 0.4) is 0 Å². The van der Waals surface area contributed by atoms with Gasteiger partial charge in [-0.2, -0.15) is 0 Å². The van der Waals surface area contributed by atoms with E-state index in [1.54, 1.807) is 24.3 Å². The summed E-state index contributed by atoms with van der Waals surface area (Å²) in [5.74, 6) is 0.432. The molecule has 0 saturated carbocycles. The summed E-state index contributed by atoms with van der Waals surface area (Å²) in [4.78, 5) is 24.2. The van der Waals surface area contributed by atoms with Gasteiger partial charge in [0.05, 0.1) is 18.8 Å². The first-order valence-corrected chi connectivity index (χ1v) is 9.66. The summed E-state index contributed by atoms with van der Waals surface area (Å²) in [5.41, 5.74) is 1.98. The van der Waals surface area contributed by atoms with E-state index in [4.69, 9.17) is 4.74 Å². The number of nitrogens with one attached hydrogen (secondary N) is 3. The van der Waals surface area contributed by atoms with Crippen molar-refractivity contribution in [2.45, 2.75) is 39.7 Å². The van der Waals surface area contributed by atoms with Crippen molar-refractivity contribution in [2.75, 3.05) is 23.8 Å². The van der Waals surface area contributed by atoms with E-state index in [2.05, 4.69) is 22.9 Å². The summed E-state index contributed by atoms with van der Waals surface area (Å²) in [5, 5.41) is 8.76. The molecule has 6 heteroatoms. The average molecular weight is 383 g/mol. The summed E-state index contributed by atoms with van der Waals surface area (Å²) in [7, 11) is 0. The van der Waals surface area contributed by atoms with Crippen LogP contribution in [0.2, 0.25) is 0 Å². The normalized spacial score (nSPS) is 10.4.